The first-order chi connectivity index (χ1) is 24.0. The highest BCUT2D eigenvalue weighted by Crippen LogP contribution is 2.67. The van der Waals surface area contributed by atoms with Gasteiger partial charge in [-0.3, -0.25) is 4.79 Å². The Hall–Kier alpha value is -3.28. The summed E-state index contributed by atoms with van der Waals surface area (Å²) in [6.45, 7) is 12.4. The summed E-state index contributed by atoms with van der Waals surface area (Å²) < 4.78 is 22.8. The van der Waals surface area contributed by atoms with Crippen LogP contribution in [0.25, 0.3) is 0 Å². The summed E-state index contributed by atoms with van der Waals surface area (Å²) in [4.78, 5) is 27.2. The van der Waals surface area contributed by atoms with Crippen LogP contribution in [0.4, 0.5) is 4.79 Å². The fourth-order valence-electron chi connectivity index (χ4n) is 11.0. The number of allylic oxidation sites excluding steroid dienone is 1. The van der Waals surface area contributed by atoms with E-state index in [1.165, 1.54) is 50.5 Å². The van der Waals surface area contributed by atoms with E-state index in [0.29, 0.717) is 34.0 Å². The summed E-state index contributed by atoms with van der Waals surface area (Å²) in [5, 5.41) is 0. The lowest BCUT2D eigenvalue weighted by molar-refractivity contribution is -0.0631. The zero-order chi connectivity index (χ0) is 35.6. The van der Waals surface area contributed by atoms with Crippen LogP contribution in [0.1, 0.15) is 127 Å². The molecule has 6 rings (SSSR count). The lowest BCUT2D eigenvalue weighted by Crippen LogP contribution is -2.51. The molecule has 3 fully saturated rings. The van der Waals surface area contributed by atoms with E-state index < -0.39 is 12.3 Å². The van der Waals surface area contributed by atoms with E-state index in [9.17, 15) is 9.59 Å². The predicted octanol–water partition coefficient (Wildman–Crippen LogP) is 11.2. The number of carbonyl (C=O) groups excluding carboxylic acids is 2. The van der Waals surface area contributed by atoms with Crippen molar-refractivity contribution in [2.75, 3.05) is 14.2 Å². The van der Waals surface area contributed by atoms with E-state index in [-0.39, 0.29) is 17.3 Å². The smallest absolute Gasteiger partial charge is 0.497 e. The molecular weight excluding hydrogens is 624 g/mol. The van der Waals surface area contributed by atoms with Gasteiger partial charge in [0.1, 0.15) is 17.6 Å². The van der Waals surface area contributed by atoms with Crippen LogP contribution in [0.3, 0.4) is 0 Å². The van der Waals surface area contributed by atoms with Gasteiger partial charge in [-0.25, -0.2) is 4.79 Å². The molecule has 0 radical (unpaired) electrons. The summed E-state index contributed by atoms with van der Waals surface area (Å²) in [7, 11) is 3.10. The Labute approximate surface area is 300 Å². The van der Waals surface area contributed by atoms with Gasteiger partial charge in [0.25, 0.3) is 0 Å². The monoisotopic (exact) mass is 684 g/mol. The van der Waals surface area contributed by atoms with Gasteiger partial charge < -0.3 is 18.9 Å². The van der Waals surface area contributed by atoms with Crippen molar-refractivity contribution < 1.29 is 28.5 Å². The van der Waals surface area contributed by atoms with Crippen LogP contribution < -0.4 is 9.47 Å². The van der Waals surface area contributed by atoms with Crippen molar-refractivity contribution in [1.82, 2.24) is 0 Å². The third-order valence-electron chi connectivity index (χ3n) is 13.7. The third kappa shape index (κ3) is 7.23. The molecular formula is C44H60O6. The van der Waals surface area contributed by atoms with E-state index in [2.05, 4.69) is 40.7 Å². The number of Topliss-reactive ketones (excluding diaryl/α,β-unsaturated/α-hetero) is 1. The van der Waals surface area contributed by atoms with Crippen molar-refractivity contribution in [1.29, 1.82) is 0 Å². The van der Waals surface area contributed by atoms with Gasteiger partial charge in [-0.15, -0.1) is 0 Å². The number of hydrogen-bond donors (Lipinski definition) is 0. The quantitative estimate of drug-likeness (QED) is 0.126. The highest BCUT2D eigenvalue weighted by Gasteiger charge is 2.59. The standard InChI is InChI=1S/C44H60O6/c1-28(2)12-11-13-29(3)37-18-19-38-36-17-16-32-26-33(20-22-43(32,4)39(36)21-23-44(37,38)5)49-42(46)50-41(40(45)30-14-9-8-10-15-30)31-24-34(47-6)27-35(25-31)48-7/h8-10,14-16,24-25,27-29,33,36-39,41H,11-13,17-23,26H2,1-7H3/t29-,33+,36+,37-,38+,39+,41?,43+,44-/m1/s1. The van der Waals surface area contributed by atoms with Crippen molar-refractivity contribution in [3.8, 4) is 11.5 Å². The Morgan fingerprint density at radius 1 is 0.860 bits per heavy atom. The minimum absolute atomic E-state index is 0.151. The molecule has 0 saturated heterocycles. The largest absolute Gasteiger partial charge is 0.509 e. The van der Waals surface area contributed by atoms with E-state index in [0.717, 1.165) is 55.3 Å². The van der Waals surface area contributed by atoms with Gasteiger partial charge in [0.05, 0.1) is 14.2 Å². The zero-order valence-corrected chi connectivity index (χ0v) is 31.5. The van der Waals surface area contributed by atoms with Gasteiger partial charge in [0.2, 0.25) is 5.78 Å². The zero-order valence-electron chi connectivity index (χ0n) is 31.5. The Morgan fingerprint density at radius 3 is 2.26 bits per heavy atom. The second-order valence-corrected chi connectivity index (χ2v) is 16.9. The van der Waals surface area contributed by atoms with E-state index in [1.54, 1.807) is 56.7 Å². The molecule has 50 heavy (non-hydrogen) atoms. The lowest BCUT2D eigenvalue weighted by atomic mass is 9.47. The van der Waals surface area contributed by atoms with Gasteiger partial charge in [0, 0.05) is 23.6 Å². The van der Waals surface area contributed by atoms with Crippen molar-refractivity contribution >= 4 is 11.9 Å². The summed E-state index contributed by atoms with van der Waals surface area (Å²) >= 11 is 0. The SMILES string of the molecule is COc1cc(OC)cc(C(OC(=O)O[C@H]2CC[C@@]3(C)C(=CC[C@H]4[C@@H]5CC[C@H]([C@H](C)CCCC(C)C)[C@@]5(C)CC[C@@H]43)C2)C(=O)c2ccccc2)c1. The number of ketones is 1. The van der Waals surface area contributed by atoms with Gasteiger partial charge >= 0.3 is 6.16 Å². The maximum atomic E-state index is 13.7. The molecule has 0 heterocycles. The molecule has 0 aliphatic heterocycles. The number of methoxy groups -OCH3 is 2. The second-order valence-electron chi connectivity index (χ2n) is 16.9. The Bertz CT molecular complexity index is 1510. The molecule has 6 heteroatoms. The van der Waals surface area contributed by atoms with Crippen molar-refractivity contribution in [2.45, 2.75) is 117 Å². The van der Waals surface area contributed by atoms with Gasteiger partial charge in [-0.1, -0.05) is 95.9 Å². The van der Waals surface area contributed by atoms with Crippen molar-refractivity contribution in [3.63, 3.8) is 0 Å². The Balaban J connectivity index is 1.13. The minimum atomic E-state index is -1.21. The summed E-state index contributed by atoms with van der Waals surface area (Å²) in [6, 6.07) is 14.0. The lowest BCUT2D eigenvalue weighted by Gasteiger charge is -2.58. The maximum absolute atomic E-state index is 13.7. The number of carbonyl (C=O) groups is 2. The maximum Gasteiger partial charge on any atom is 0.509 e. The Kier molecular flexibility index (Phi) is 11.1. The molecule has 3 saturated carbocycles. The molecule has 4 aliphatic carbocycles. The van der Waals surface area contributed by atoms with Crippen LogP contribution in [-0.2, 0) is 9.47 Å². The molecule has 0 bridgehead atoms. The molecule has 2 aromatic rings. The van der Waals surface area contributed by atoms with Crippen LogP contribution in [0.15, 0.2) is 60.2 Å². The molecule has 0 aromatic heterocycles. The minimum Gasteiger partial charge on any atom is -0.497 e. The molecule has 4 aliphatic rings. The van der Waals surface area contributed by atoms with Crippen LogP contribution in [0, 0.1) is 46.3 Å². The first-order valence-electron chi connectivity index (χ1n) is 19.4. The van der Waals surface area contributed by atoms with E-state index in [4.69, 9.17) is 18.9 Å². The molecule has 0 N–H and O–H groups in total. The molecule has 6 nitrogen and oxygen atoms in total. The highest BCUT2D eigenvalue weighted by molar-refractivity contribution is 6.00. The van der Waals surface area contributed by atoms with Crippen LogP contribution in [-0.4, -0.2) is 32.3 Å². The first-order valence-corrected chi connectivity index (χ1v) is 19.4. The summed E-state index contributed by atoms with van der Waals surface area (Å²) in [5.74, 6) is 5.39. The normalized spacial score (nSPS) is 31.4. The number of fused-ring (bicyclic) bond motifs is 5. The van der Waals surface area contributed by atoms with E-state index in [1.807, 2.05) is 6.07 Å². The van der Waals surface area contributed by atoms with Crippen molar-refractivity contribution in [2.24, 2.45) is 46.3 Å². The van der Waals surface area contributed by atoms with Gasteiger partial charge in [-0.05, 0) is 103 Å². The van der Waals surface area contributed by atoms with Crippen molar-refractivity contribution in [3.05, 3.63) is 71.3 Å². The summed E-state index contributed by atoms with van der Waals surface area (Å²) in [5.41, 5.74) is 2.98. The highest BCUT2D eigenvalue weighted by atomic mass is 16.7. The molecule has 0 amide bonds. The number of ether oxygens (including phenoxy) is 4. The Morgan fingerprint density at radius 2 is 1.58 bits per heavy atom. The predicted molar refractivity (Wildman–Crippen MR) is 197 cm³/mol. The van der Waals surface area contributed by atoms with Crippen LogP contribution >= 0.6 is 0 Å². The average molecular weight is 685 g/mol. The number of benzene rings is 2. The average Bonchev–Trinajstić information content (AvgIpc) is 3.47. The third-order valence-corrected chi connectivity index (χ3v) is 13.7. The first kappa shape index (κ1) is 36.5. The number of hydrogen-bond acceptors (Lipinski definition) is 6. The topological polar surface area (TPSA) is 71.1 Å². The molecule has 2 aromatic carbocycles. The van der Waals surface area contributed by atoms with Gasteiger partial charge in [-0.2, -0.15) is 0 Å². The van der Waals surface area contributed by atoms with Gasteiger partial charge in [0.15, 0.2) is 6.10 Å². The van der Waals surface area contributed by atoms with Crippen LogP contribution in [0.5, 0.6) is 11.5 Å². The fourth-order valence-corrected chi connectivity index (χ4v) is 11.0. The second kappa shape index (κ2) is 15.1. The molecule has 272 valence electrons. The molecule has 0 spiro atoms. The number of rotatable bonds is 12. The van der Waals surface area contributed by atoms with E-state index >= 15 is 0 Å². The molecule has 1 unspecified atom stereocenters. The molecule has 9 atom stereocenters. The fraction of sp³-hybridized carbons (Fsp3) is 0.636. The van der Waals surface area contributed by atoms with Crippen LogP contribution in [0.2, 0.25) is 0 Å². The summed E-state index contributed by atoms with van der Waals surface area (Å²) in [6.07, 6.45) is 13.4.